The first kappa shape index (κ1) is 16.2. The Labute approximate surface area is 143 Å². The molecule has 0 radical (unpaired) electrons. The highest BCUT2D eigenvalue weighted by Gasteiger charge is 2.86. The van der Waals surface area contributed by atoms with Gasteiger partial charge in [0.2, 0.25) is 0 Å². The number of carbonyl (C=O) groups excluding carboxylic acids is 1. The second-order valence-electron chi connectivity index (χ2n) is 6.73. The van der Waals surface area contributed by atoms with Crippen LogP contribution in [0.4, 0.5) is 5.69 Å². The van der Waals surface area contributed by atoms with Gasteiger partial charge < -0.3 is 14.2 Å². The maximum atomic E-state index is 12.7. The van der Waals surface area contributed by atoms with Crippen molar-refractivity contribution < 1.29 is 28.7 Å². The third-order valence-corrected chi connectivity index (χ3v) is 4.81. The van der Waals surface area contributed by atoms with Crippen LogP contribution in [0.3, 0.4) is 0 Å². The first-order valence-corrected chi connectivity index (χ1v) is 7.91. The Morgan fingerprint density at radius 3 is 2.44 bits per heavy atom. The second kappa shape index (κ2) is 5.13. The molecule has 1 amide bonds. The monoisotopic (exact) mass is 350 g/mol. The summed E-state index contributed by atoms with van der Waals surface area (Å²) < 4.78 is 21.8. The largest absolute Gasteiger partial charge is 0.497 e. The van der Waals surface area contributed by atoms with E-state index in [1.165, 1.54) is 4.90 Å². The van der Waals surface area contributed by atoms with Crippen molar-refractivity contribution in [3.63, 3.8) is 0 Å². The number of benzene rings is 1. The van der Waals surface area contributed by atoms with E-state index in [4.69, 9.17) is 18.9 Å². The van der Waals surface area contributed by atoms with Gasteiger partial charge in [-0.1, -0.05) is 0 Å². The number of nitrogens with zero attached hydrogens (tertiary/aromatic N) is 2. The molecule has 9 nitrogen and oxygen atoms in total. The van der Waals surface area contributed by atoms with Crippen molar-refractivity contribution in [2.45, 2.75) is 43.6 Å². The number of epoxide rings is 1. The van der Waals surface area contributed by atoms with Gasteiger partial charge in [0.1, 0.15) is 17.9 Å². The molecule has 3 aliphatic rings. The molecule has 3 heterocycles. The van der Waals surface area contributed by atoms with Gasteiger partial charge in [-0.15, -0.1) is 0 Å². The minimum Gasteiger partial charge on any atom is -0.497 e. The molecule has 134 valence electrons. The number of hydrogen-bond donors (Lipinski definition) is 0. The molecule has 0 aliphatic carbocycles. The lowest BCUT2D eigenvalue weighted by molar-refractivity contribution is -0.517. The first-order valence-electron chi connectivity index (χ1n) is 7.91. The molecule has 0 saturated carbocycles. The van der Waals surface area contributed by atoms with Gasteiger partial charge in [-0.2, -0.15) is 0 Å². The van der Waals surface area contributed by atoms with Crippen molar-refractivity contribution in [3.05, 3.63) is 34.4 Å². The summed E-state index contributed by atoms with van der Waals surface area (Å²) in [4.78, 5) is 24.8. The third kappa shape index (κ3) is 2.23. The Morgan fingerprint density at radius 2 is 1.96 bits per heavy atom. The van der Waals surface area contributed by atoms with E-state index in [0.717, 1.165) is 0 Å². The van der Waals surface area contributed by atoms with Gasteiger partial charge >= 0.3 is 6.23 Å². The van der Waals surface area contributed by atoms with Gasteiger partial charge in [0.05, 0.1) is 18.6 Å². The average Bonchev–Trinajstić information content (AvgIpc) is 3.27. The summed E-state index contributed by atoms with van der Waals surface area (Å²) in [6.07, 6.45) is -1.86. The van der Waals surface area contributed by atoms with Crippen molar-refractivity contribution in [2.75, 3.05) is 18.6 Å². The van der Waals surface area contributed by atoms with Crippen LogP contribution in [-0.4, -0.2) is 54.3 Å². The van der Waals surface area contributed by atoms with Gasteiger partial charge in [0, 0.05) is 5.69 Å². The Kier molecular flexibility index (Phi) is 3.34. The highest BCUT2D eigenvalue weighted by atomic mass is 16.8. The van der Waals surface area contributed by atoms with Crippen molar-refractivity contribution in [2.24, 2.45) is 0 Å². The first-order chi connectivity index (χ1) is 11.8. The number of methoxy groups -OCH3 is 1. The van der Waals surface area contributed by atoms with Crippen LogP contribution in [0.25, 0.3) is 0 Å². The highest BCUT2D eigenvalue weighted by Crippen LogP contribution is 2.55. The number of carbonyl (C=O) groups is 1. The van der Waals surface area contributed by atoms with Gasteiger partial charge in [0.25, 0.3) is 11.5 Å². The molecule has 4 atom stereocenters. The van der Waals surface area contributed by atoms with Crippen LogP contribution in [-0.2, 0) is 19.0 Å². The fourth-order valence-corrected chi connectivity index (χ4v) is 3.62. The zero-order chi connectivity index (χ0) is 18.0. The van der Waals surface area contributed by atoms with Crippen molar-refractivity contribution >= 4 is 11.6 Å². The summed E-state index contributed by atoms with van der Waals surface area (Å²) in [5.74, 6) is -0.595. The maximum Gasteiger partial charge on any atom is 0.357 e. The van der Waals surface area contributed by atoms with Crippen molar-refractivity contribution in [1.29, 1.82) is 0 Å². The van der Waals surface area contributed by atoms with E-state index in [-0.39, 0.29) is 6.61 Å². The number of amides is 1. The van der Waals surface area contributed by atoms with Crippen LogP contribution >= 0.6 is 0 Å². The molecule has 4 rings (SSSR count). The molecule has 3 saturated heterocycles. The standard InChI is InChI=1S/C16H18N2O7/c1-15(2)23-8-11(24-15)12-16(14(25-16)18(20)21)13(19)17(12)9-4-6-10(22-3)7-5-9/h4-7,11-12,14H,8H2,1-3H3/t11-,12+,14+,16-/m1/s1. The summed E-state index contributed by atoms with van der Waals surface area (Å²) >= 11 is 0. The minimum absolute atomic E-state index is 0.229. The fourth-order valence-electron chi connectivity index (χ4n) is 3.62. The van der Waals surface area contributed by atoms with Crippen LogP contribution < -0.4 is 9.64 Å². The van der Waals surface area contributed by atoms with Gasteiger partial charge in [-0.3, -0.25) is 24.5 Å². The number of ether oxygens (including phenoxy) is 4. The Bertz CT molecular complexity index is 735. The van der Waals surface area contributed by atoms with E-state index in [2.05, 4.69) is 0 Å². The molecule has 25 heavy (non-hydrogen) atoms. The molecule has 0 N–H and O–H groups in total. The van der Waals surface area contributed by atoms with Crippen LogP contribution in [0, 0.1) is 10.1 Å². The van der Waals surface area contributed by atoms with Gasteiger partial charge in [-0.25, -0.2) is 0 Å². The Balaban J connectivity index is 1.66. The molecule has 1 aromatic carbocycles. The molecule has 1 aromatic rings. The number of rotatable bonds is 4. The van der Waals surface area contributed by atoms with Gasteiger partial charge in [0.15, 0.2) is 5.79 Å². The van der Waals surface area contributed by atoms with E-state index in [1.54, 1.807) is 45.2 Å². The summed E-state index contributed by atoms with van der Waals surface area (Å²) in [6, 6.07) is 6.27. The summed E-state index contributed by atoms with van der Waals surface area (Å²) in [5.41, 5.74) is -0.856. The molecule has 1 spiro atoms. The van der Waals surface area contributed by atoms with E-state index < -0.39 is 40.6 Å². The topological polar surface area (TPSA) is 104 Å². The van der Waals surface area contributed by atoms with E-state index in [0.29, 0.717) is 11.4 Å². The zero-order valence-electron chi connectivity index (χ0n) is 14.0. The maximum absolute atomic E-state index is 12.7. The molecule has 0 unspecified atom stereocenters. The average molecular weight is 350 g/mol. The van der Waals surface area contributed by atoms with Crippen LogP contribution in [0.1, 0.15) is 13.8 Å². The predicted molar refractivity (Wildman–Crippen MR) is 83.8 cm³/mol. The molecule has 3 aliphatic heterocycles. The number of hydrogen-bond acceptors (Lipinski definition) is 7. The Morgan fingerprint density at radius 1 is 1.28 bits per heavy atom. The molecule has 0 aromatic heterocycles. The quantitative estimate of drug-likeness (QED) is 0.344. The molecular formula is C16H18N2O7. The number of anilines is 1. The van der Waals surface area contributed by atoms with Crippen LogP contribution in [0.5, 0.6) is 5.75 Å². The summed E-state index contributed by atoms with van der Waals surface area (Å²) in [6.45, 7) is 3.75. The summed E-state index contributed by atoms with van der Waals surface area (Å²) in [7, 11) is 1.55. The molecule has 3 fully saturated rings. The summed E-state index contributed by atoms with van der Waals surface area (Å²) in [5, 5.41) is 11.2. The molecule has 9 heteroatoms. The van der Waals surface area contributed by atoms with Gasteiger partial charge in [-0.05, 0) is 38.1 Å². The second-order valence-corrected chi connectivity index (χ2v) is 6.73. The highest BCUT2D eigenvalue weighted by molar-refractivity contribution is 6.10. The normalized spacial score (nSPS) is 35.6. The van der Waals surface area contributed by atoms with E-state index >= 15 is 0 Å². The van der Waals surface area contributed by atoms with E-state index in [1.807, 2.05) is 0 Å². The van der Waals surface area contributed by atoms with Crippen molar-refractivity contribution in [3.8, 4) is 5.75 Å². The molecule has 0 bridgehead atoms. The fraction of sp³-hybridized carbons (Fsp3) is 0.562. The lowest BCUT2D eigenvalue weighted by atomic mass is 9.81. The molecular weight excluding hydrogens is 332 g/mol. The van der Waals surface area contributed by atoms with Crippen molar-refractivity contribution in [1.82, 2.24) is 0 Å². The van der Waals surface area contributed by atoms with Crippen LogP contribution in [0.2, 0.25) is 0 Å². The van der Waals surface area contributed by atoms with E-state index in [9.17, 15) is 14.9 Å². The zero-order valence-corrected chi connectivity index (χ0v) is 14.0. The number of β-lactam (4-membered cyclic amide) rings is 1. The number of nitro groups is 1. The lowest BCUT2D eigenvalue weighted by Gasteiger charge is -2.46. The Hall–Kier alpha value is -2.23. The lowest BCUT2D eigenvalue weighted by Crippen LogP contribution is -2.74. The predicted octanol–water partition coefficient (Wildman–Crippen LogP) is 0.934. The third-order valence-electron chi connectivity index (χ3n) is 4.81. The van der Waals surface area contributed by atoms with Crippen LogP contribution in [0.15, 0.2) is 24.3 Å². The SMILES string of the molecule is COc1ccc(N2C(=O)[C@]3(O[C@@H]3[N+](=O)[O-])[C@@H]2[C@H]2COC(C)(C)O2)cc1. The minimum atomic E-state index is -1.46. The smallest absolute Gasteiger partial charge is 0.357 e.